The summed E-state index contributed by atoms with van der Waals surface area (Å²) in [6, 6.07) is -0.829. The number of nitrogens with zero attached hydrogens (tertiary/aromatic N) is 1. The molecule has 2 heterocycles. The van der Waals surface area contributed by atoms with Gasteiger partial charge in [-0.15, -0.1) is 4.52 Å². The second-order valence-electron chi connectivity index (χ2n) is 8.74. The lowest BCUT2D eigenvalue weighted by Crippen LogP contribution is -2.47. The van der Waals surface area contributed by atoms with Gasteiger partial charge in [0.2, 0.25) is 0 Å². The van der Waals surface area contributed by atoms with Gasteiger partial charge in [0.05, 0.1) is 6.10 Å². The van der Waals surface area contributed by atoms with Gasteiger partial charge in [0.1, 0.15) is 24.8 Å². The maximum atomic E-state index is 12.6. The van der Waals surface area contributed by atoms with Crippen LogP contribution >= 0.6 is 35.7 Å². The van der Waals surface area contributed by atoms with Crippen molar-refractivity contribution >= 4 is 47.6 Å². The van der Waals surface area contributed by atoms with Crippen LogP contribution in [0.25, 0.3) is 0 Å². The number of rotatable bonds is 11. The largest absolute Gasteiger partial charge is 0.613 e. The molecule has 0 radical (unpaired) electrons. The zero-order valence-electron chi connectivity index (χ0n) is 20.3. The Morgan fingerprint density at radius 2 is 1.94 bits per heavy atom. The van der Waals surface area contributed by atoms with E-state index >= 15 is 0 Å². The molecule has 0 bridgehead atoms. The predicted molar refractivity (Wildman–Crippen MR) is 133 cm³/mol. The second-order valence-corrected chi connectivity index (χ2v) is 12.2. The number of nitrogens with two attached hydrogens (primary N) is 1. The Morgan fingerprint density at radius 3 is 2.50 bits per heavy atom. The van der Waals surface area contributed by atoms with Crippen LogP contribution in [0.2, 0.25) is 0 Å². The van der Waals surface area contributed by atoms with Crippen molar-refractivity contribution in [2.75, 3.05) is 6.61 Å². The molecule has 1 saturated heterocycles. The van der Waals surface area contributed by atoms with E-state index in [1.807, 2.05) is 0 Å². The zero-order valence-corrected chi connectivity index (χ0v) is 23.5. The van der Waals surface area contributed by atoms with Crippen LogP contribution in [0.3, 0.4) is 0 Å². The van der Waals surface area contributed by atoms with E-state index in [1.54, 1.807) is 27.7 Å². The van der Waals surface area contributed by atoms with E-state index < -0.39 is 72.3 Å². The fraction of sp³-hybridized carbons (Fsp3) is 0.700. The van der Waals surface area contributed by atoms with Crippen LogP contribution in [0, 0.1) is 5.92 Å². The summed E-state index contributed by atoms with van der Waals surface area (Å²) in [6.45, 7) is 7.83. The van der Waals surface area contributed by atoms with Crippen molar-refractivity contribution in [2.45, 2.75) is 75.0 Å². The van der Waals surface area contributed by atoms with Gasteiger partial charge in [0.25, 0.3) is 5.56 Å². The Balaban J connectivity index is 2.23. The normalized spacial score (nSPS) is 26.1. The highest BCUT2D eigenvalue weighted by atomic mass is 79.9. The summed E-state index contributed by atoms with van der Waals surface area (Å²) in [5.74, 6) is -1.66. The lowest BCUT2D eigenvalue weighted by Gasteiger charge is -2.28. The number of esters is 2. The standard InChI is InChI=1S/C20H29BrClN4O9P/c1-9(2)14(23)17(29)35-15-12(8-32-36(31)25-11(5)16(28)33-10(3)4)34-18(20(15,21)22)26-7-6-13(27)24-19(26)30/h6-7,9-12,14-15,18H,8,23H2,1-5H3,(H-,24,25,27,30,31)/p+1/t11-,12+,14?,15+,18+,20-/m0/s1. The van der Waals surface area contributed by atoms with Crippen molar-refractivity contribution in [1.29, 1.82) is 0 Å². The molecule has 1 aliphatic rings. The number of hydrogen-bond acceptors (Lipinski definition) is 10. The first kappa shape index (κ1) is 30.6. The van der Waals surface area contributed by atoms with Crippen molar-refractivity contribution in [2.24, 2.45) is 11.7 Å². The van der Waals surface area contributed by atoms with Crippen LogP contribution < -0.4 is 22.1 Å². The van der Waals surface area contributed by atoms with Gasteiger partial charge in [-0.3, -0.25) is 23.9 Å². The summed E-state index contributed by atoms with van der Waals surface area (Å²) in [6.07, 6.45) is -2.88. The van der Waals surface area contributed by atoms with E-state index in [2.05, 4.69) is 26.0 Å². The predicted octanol–water partition coefficient (Wildman–Crippen LogP) is 1.26. The number of nitrogens with one attached hydrogen (secondary N) is 2. The fourth-order valence-corrected chi connectivity index (χ4v) is 4.90. The number of H-pyrrole nitrogens is 1. The van der Waals surface area contributed by atoms with Crippen LogP contribution in [0.5, 0.6) is 0 Å². The zero-order chi connectivity index (χ0) is 27.4. The first-order valence-electron chi connectivity index (χ1n) is 11.0. The molecule has 2 rings (SSSR count). The van der Waals surface area contributed by atoms with E-state index in [9.17, 15) is 23.7 Å². The molecule has 0 aromatic carbocycles. The molecule has 1 fully saturated rings. The van der Waals surface area contributed by atoms with Gasteiger partial charge in [-0.2, -0.15) is 0 Å². The Morgan fingerprint density at radius 1 is 1.31 bits per heavy atom. The van der Waals surface area contributed by atoms with Crippen LogP contribution in [-0.4, -0.2) is 62.3 Å². The topological polar surface area (TPSA) is 181 Å². The molecule has 4 N–H and O–H groups in total. The van der Waals surface area contributed by atoms with Gasteiger partial charge in [-0.05, 0) is 31.3 Å². The van der Waals surface area contributed by atoms with E-state index in [4.69, 9.17) is 36.1 Å². The number of aromatic amines is 1. The molecule has 7 atom stereocenters. The Kier molecular flexibility index (Phi) is 10.8. The number of ether oxygens (including phenoxy) is 3. The van der Waals surface area contributed by atoms with Gasteiger partial charge in [-0.25, -0.2) is 4.79 Å². The molecular formula is C20H30BrClN4O9P+. The third kappa shape index (κ3) is 7.67. The summed E-state index contributed by atoms with van der Waals surface area (Å²) in [4.78, 5) is 50.5. The van der Waals surface area contributed by atoms with Crippen LogP contribution in [-0.2, 0) is 32.9 Å². The summed E-state index contributed by atoms with van der Waals surface area (Å²) in [5, 5.41) is 2.47. The lowest BCUT2D eigenvalue weighted by atomic mass is 10.1. The third-order valence-corrected chi connectivity index (χ3v) is 7.27. The number of carbonyl (C=O) groups is 2. The Labute approximate surface area is 221 Å². The maximum absolute atomic E-state index is 12.6. The molecule has 0 saturated carbocycles. The molecule has 1 aromatic heterocycles. The first-order chi connectivity index (χ1) is 16.6. The van der Waals surface area contributed by atoms with Crippen molar-refractivity contribution < 1.29 is 32.9 Å². The summed E-state index contributed by atoms with van der Waals surface area (Å²) in [5.41, 5.74) is 4.44. The molecular weight excluding hydrogens is 587 g/mol. The molecule has 0 aliphatic carbocycles. The Bertz CT molecular complexity index is 1080. The van der Waals surface area contributed by atoms with Gasteiger partial charge >= 0.3 is 25.8 Å². The summed E-state index contributed by atoms with van der Waals surface area (Å²) < 4.78 is 33.5. The van der Waals surface area contributed by atoms with Crippen molar-refractivity contribution in [1.82, 2.24) is 14.6 Å². The number of hydrogen-bond donors (Lipinski definition) is 3. The van der Waals surface area contributed by atoms with Crippen molar-refractivity contribution in [3.05, 3.63) is 33.1 Å². The summed E-state index contributed by atoms with van der Waals surface area (Å²) in [7, 11) is -2.59. The monoisotopic (exact) mass is 615 g/mol. The van der Waals surface area contributed by atoms with Gasteiger partial charge in [0.15, 0.2) is 16.1 Å². The number of alkyl halides is 2. The quantitative estimate of drug-likeness (QED) is 0.185. The smallest absolute Gasteiger partial charge is 0.462 e. The van der Waals surface area contributed by atoms with Gasteiger partial charge < -0.3 is 19.9 Å². The molecule has 1 aliphatic heterocycles. The SMILES string of the molecule is CC(C)OC(=O)[C@H](C)N[P+](=O)OC[C@H]1O[C@@H](n2ccc(=O)[nH]c2=O)[C@](Cl)(Br)[C@@H]1OC(=O)C(N)C(C)C. The minimum atomic E-state index is -2.59. The van der Waals surface area contributed by atoms with Crippen LogP contribution in [0.15, 0.2) is 21.9 Å². The molecule has 36 heavy (non-hydrogen) atoms. The molecule has 0 spiro atoms. The van der Waals surface area contributed by atoms with E-state index in [0.717, 1.165) is 16.8 Å². The molecule has 0 amide bonds. The van der Waals surface area contributed by atoms with Crippen molar-refractivity contribution in [3.8, 4) is 0 Å². The highest BCUT2D eigenvalue weighted by Gasteiger charge is 2.59. The minimum absolute atomic E-state index is 0.252. The highest BCUT2D eigenvalue weighted by Crippen LogP contribution is 2.49. The molecule has 13 nitrogen and oxygen atoms in total. The average molecular weight is 617 g/mol. The summed E-state index contributed by atoms with van der Waals surface area (Å²) >= 11 is 9.95. The van der Waals surface area contributed by atoms with E-state index in [0.29, 0.717) is 0 Å². The lowest BCUT2D eigenvalue weighted by molar-refractivity contribution is -0.155. The minimum Gasteiger partial charge on any atom is -0.462 e. The third-order valence-electron chi connectivity index (χ3n) is 5.05. The number of halogens is 2. The molecule has 16 heteroatoms. The van der Waals surface area contributed by atoms with Gasteiger partial charge in [0, 0.05) is 12.3 Å². The highest BCUT2D eigenvalue weighted by molar-refractivity contribution is 9.10. The van der Waals surface area contributed by atoms with Crippen LogP contribution in [0.1, 0.15) is 40.8 Å². The first-order valence-corrected chi connectivity index (χ1v) is 13.4. The number of aromatic nitrogens is 2. The van der Waals surface area contributed by atoms with Crippen molar-refractivity contribution in [3.63, 3.8) is 0 Å². The Hall–Kier alpha value is -1.67. The molecule has 202 valence electrons. The average Bonchev–Trinajstić information content (AvgIpc) is 3.00. The van der Waals surface area contributed by atoms with E-state index in [-0.39, 0.29) is 12.0 Å². The van der Waals surface area contributed by atoms with E-state index in [1.165, 1.54) is 6.92 Å². The maximum Gasteiger partial charge on any atom is 0.613 e. The fourth-order valence-electron chi connectivity index (χ4n) is 3.06. The molecule has 1 aromatic rings. The second kappa shape index (κ2) is 12.7. The van der Waals surface area contributed by atoms with Crippen LogP contribution in [0.4, 0.5) is 0 Å². The molecule has 2 unspecified atom stereocenters. The number of carbonyl (C=O) groups excluding carboxylic acids is 2. The van der Waals surface area contributed by atoms with Gasteiger partial charge in [-0.1, -0.05) is 46.5 Å².